The van der Waals surface area contributed by atoms with Crippen LogP contribution >= 0.6 is 0 Å². The fourth-order valence-corrected chi connectivity index (χ4v) is 5.46. The Balaban J connectivity index is 0.000000671. The lowest BCUT2D eigenvalue weighted by Gasteiger charge is -2.29. The quantitative estimate of drug-likeness (QED) is 0.329. The van der Waals surface area contributed by atoms with E-state index in [9.17, 15) is 40.7 Å². The molecule has 0 aliphatic carbocycles. The SMILES string of the molecule is CCCN(C(=O)CN1CCCC1)c1ccc(N2CCc3c(C(F)(F)F)nn(-c4cccc(C(N)=O)c4)c3C2=O)cc1.O=C(O)C(F)(F)F. The van der Waals surface area contributed by atoms with Crippen molar-refractivity contribution in [3.63, 3.8) is 0 Å². The van der Waals surface area contributed by atoms with E-state index in [4.69, 9.17) is 15.6 Å². The number of aromatic nitrogens is 2. The smallest absolute Gasteiger partial charge is 0.475 e. The summed E-state index contributed by atoms with van der Waals surface area (Å²) in [6, 6.07) is 12.6. The number of hydrogen-bond acceptors (Lipinski definition) is 6. The number of carboxylic acids is 1. The number of likely N-dealkylation sites (tertiary alicyclic amines) is 1. The van der Waals surface area contributed by atoms with Crippen LogP contribution in [0.3, 0.4) is 0 Å². The van der Waals surface area contributed by atoms with Crippen LogP contribution in [0.15, 0.2) is 48.5 Å². The van der Waals surface area contributed by atoms with E-state index < -0.39 is 35.8 Å². The van der Waals surface area contributed by atoms with Gasteiger partial charge in [-0.2, -0.15) is 31.4 Å². The minimum atomic E-state index is -5.08. The summed E-state index contributed by atoms with van der Waals surface area (Å²) >= 11 is 0. The molecule has 3 amide bonds. The lowest BCUT2D eigenvalue weighted by atomic mass is 10.0. The number of halogens is 6. The van der Waals surface area contributed by atoms with Crippen molar-refractivity contribution in [1.29, 1.82) is 0 Å². The van der Waals surface area contributed by atoms with Crippen molar-refractivity contribution in [2.75, 3.05) is 42.5 Å². The molecule has 5 rings (SSSR count). The van der Waals surface area contributed by atoms with Crippen molar-refractivity contribution in [2.45, 2.75) is 45.0 Å². The van der Waals surface area contributed by atoms with Crippen LogP contribution in [0.4, 0.5) is 37.7 Å². The van der Waals surface area contributed by atoms with Gasteiger partial charge in [0, 0.05) is 35.6 Å². The van der Waals surface area contributed by atoms with Crippen molar-refractivity contribution in [2.24, 2.45) is 5.73 Å². The first-order valence-electron chi connectivity index (χ1n) is 14.9. The summed E-state index contributed by atoms with van der Waals surface area (Å²) in [7, 11) is 0. The lowest BCUT2D eigenvalue weighted by molar-refractivity contribution is -0.192. The number of nitrogens with zero attached hydrogens (tertiary/aromatic N) is 5. The molecule has 0 saturated carbocycles. The Hall–Kier alpha value is -4.93. The molecule has 2 aliphatic heterocycles. The predicted molar refractivity (Wildman–Crippen MR) is 161 cm³/mol. The second-order valence-electron chi connectivity index (χ2n) is 11.1. The van der Waals surface area contributed by atoms with Gasteiger partial charge in [0.1, 0.15) is 5.69 Å². The molecule has 1 fully saturated rings. The number of rotatable bonds is 8. The molecule has 0 spiro atoms. The van der Waals surface area contributed by atoms with Crippen LogP contribution in [-0.4, -0.2) is 82.4 Å². The molecule has 11 nitrogen and oxygen atoms in total. The first-order chi connectivity index (χ1) is 22.5. The zero-order valence-corrected chi connectivity index (χ0v) is 25.6. The number of alkyl halides is 6. The number of carbonyl (C=O) groups excluding carboxylic acids is 3. The van der Waals surface area contributed by atoms with Crippen molar-refractivity contribution < 1.29 is 50.6 Å². The number of benzene rings is 2. The molecule has 3 aromatic rings. The number of hydrogen-bond donors (Lipinski definition) is 2. The predicted octanol–water partition coefficient (Wildman–Crippen LogP) is 4.67. The van der Waals surface area contributed by atoms with Crippen molar-refractivity contribution >= 4 is 35.1 Å². The van der Waals surface area contributed by atoms with Gasteiger partial charge in [-0.05, 0) is 81.2 Å². The van der Waals surface area contributed by atoms with E-state index in [1.807, 2.05) is 6.92 Å². The molecule has 3 N–H and O–H groups in total. The third-order valence-corrected chi connectivity index (χ3v) is 7.68. The number of fused-ring (bicyclic) bond motifs is 1. The molecule has 2 aliphatic rings. The van der Waals surface area contributed by atoms with E-state index in [-0.39, 0.29) is 41.4 Å². The van der Waals surface area contributed by atoms with Gasteiger partial charge in [-0.1, -0.05) is 13.0 Å². The van der Waals surface area contributed by atoms with Crippen LogP contribution in [-0.2, 0) is 22.2 Å². The van der Waals surface area contributed by atoms with E-state index >= 15 is 0 Å². The maximum Gasteiger partial charge on any atom is 0.490 e. The highest BCUT2D eigenvalue weighted by Crippen LogP contribution is 2.37. The van der Waals surface area contributed by atoms with Gasteiger partial charge < -0.3 is 20.6 Å². The summed E-state index contributed by atoms with van der Waals surface area (Å²) in [6.45, 7) is 4.71. The highest BCUT2D eigenvalue weighted by molar-refractivity contribution is 6.08. The Labute approximate surface area is 270 Å². The van der Waals surface area contributed by atoms with Gasteiger partial charge in [0.25, 0.3) is 5.91 Å². The maximum absolute atomic E-state index is 13.9. The Kier molecular flexibility index (Phi) is 10.8. The second-order valence-corrected chi connectivity index (χ2v) is 11.1. The van der Waals surface area contributed by atoms with Crippen molar-refractivity contribution in [3.8, 4) is 5.69 Å². The van der Waals surface area contributed by atoms with Gasteiger partial charge in [0.2, 0.25) is 11.8 Å². The fraction of sp³-hybridized carbons (Fsp3) is 0.387. The van der Waals surface area contributed by atoms with Crippen LogP contribution in [0.5, 0.6) is 0 Å². The lowest BCUT2D eigenvalue weighted by Crippen LogP contribution is -2.40. The average molecular weight is 683 g/mol. The molecule has 2 aromatic carbocycles. The Bertz CT molecular complexity index is 1670. The van der Waals surface area contributed by atoms with E-state index in [0.717, 1.165) is 37.0 Å². The topological polar surface area (TPSA) is 142 Å². The van der Waals surface area contributed by atoms with Gasteiger partial charge in [0.05, 0.1) is 12.2 Å². The molecule has 0 bridgehead atoms. The normalized spacial score (nSPS) is 15.1. The third-order valence-electron chi connectivity index (χ3n) is 7.68. The van der Waals surface area contributed by atoms with E-state index in [2.05, 4.69) is 10.00 Å². The van der Waals surface area contributed by atoms with Crippen LogP contribution in [0.25, 0.3) is 5.69 Å². The molecular weight excluding hydrogens is 650 g/mol. The highest BCUT2D eigenvalue weighted by Gasteiger charge is 2.43. The first-order valence-corrected chi connectivity index (χ1v) is 14.9. The molecule has 0 unspecified atom stereocenters. The largest absolute Gasteiger partial charge is 0.490 e. The Morgan fingerprint density at radius 2 is 1.58 bits per heavy atom. The monoisotopic (exact) mass is 682 g/mol. The second kappa shape index (κ2) is 14.5. The van der Waals surface area contributed by atoms with Gasteiger partial charge in [-0.15, -0.1) is 0 Å². The van der Waals surface area contributed by atoms with Crippen molar-refractivity contribution in [3.05, 3.63) is 71.0 Å². The number of carboxylic acid groups (broad SMARTS) is 1. The fourth-order valence-electron chi connectivity index (χ4n) is 5.46. The molecule has 0 radical (unpaired) electrons. The third kappa shape index (κ3) is 8.13. The molecule has 1 aromatic heterocycles. The van der Waals surface area contributed by atoms with E-state index in [1.54, 1.807) is 29.2 Å². The van der Waals surface area contributed by atoms with Gasteiger partial charge in [-0.25, -0.2) is 9.48 Å². The van der Waals surface area contributed by atoms with Crippen LogP contribution in [0, 0.1) is 0 Å². The van der Waals surface area contributed by atoms with Crippen LogP contribution < -0.4 is 15.5 Å². The molecule has 258 valence electrons. The van der Waals surface area contributed by atoms with Gasteiger partial charge in [-0.3, -0.25) is 19.3 Å². The first kappa shape index (κ1) is 35.9. The molecule has 48 heavy (non-hydrogen) atoms. The summed E-state index contributed by atoms with van der Waals surface area (Å²) < 4.78 is 74.5. The van der Waals surface area contributed by atoms with Crippen LogP contribution in [0.2, 0.25) is 0 Å². The number of primary amides is 1. The minimum Gasteiger partial charge on any atom is -0.475 e. The number of aliphatic carboxylic acids is 1. The Morgan fingerprint density at radius 3 is 2.12 bits per heavy atom. The standard InChI is InChI=1S/C29H31F3N6O3.C2HF3O2/c1-2-13-36(24(39)18-35-14-3-4-15-35)20-8-10-21(11-9-20)37-16-12-23-25(28(37)41)38(34-26(23)29(30,31)32)22-7-5-6-19(17-22)27(33)40;3-2(4,5)1(6)7/h5-11,17H,2-4,12-16,18H2,1H3,(H2,33,40);(H,6,7). The molecule has 3 heterocycles. The molecular formula is C31H32F6N6O5. The molecule has 17 heteroatoms. The minimum absolute atomic E-state index is 0.00182. The maximum atomic E-state index is 13.9. The summed E-state index contributed by atoms with van der Waals surface area (Å²) in [4.78, 5) is 52.7. The van der Waals surface area contributed by atoms with Crippen molar-refractivity contribution in [1.82, 2.24) is 14.7 Å². The van der Waals surface area contributed by atoms with E-state index in [0.29, 0.717) is 24.5 Å². The summed E-state index contributed by atoms with van der Waals surface area (Å²) in [5, 5.41) is 10.9. The Morgan fingerprint density at radius 1 is 0.958 bits per heavy atom. The van der Waals surface area contributed by atoms with E-state index in [1.165, 1.54) is 29.2 Å². The number of carbonyl (C=O) groups is 4. The summed E-state index contributed by atoms with van der Waals surface area (Å²) in [5.74, 6) is -4.16. The average Bonchev–Trinajstić information content (AvgIpc) is 3.69. The number of nitrogens with two attached hydrogens (primary N) is 1. The highest BCUT2D eigenvalue weighted by atomic mass is 19.4. The zero-order valence-electron chi connectivity index (χ0n) is 25.6. The molecule has 1 saturated heterocycles. The van der Waals surface area contributed by atoms with Gasteiger partial charge in [0.15, 0.2) is 5.69 Å². The molecule has 0 atom stereocenters. The number of anilines is 2. The number of amides is 3. The summed E-state index contributed by atoms with van der Waals surface area (Å²) in [5.41, 5.74) is 5.18. The van der Waals surface area contributed by atoms with Gasteiger partial charge >= 0.3 is 18.3 Å². The van der Waals surface area contributed by atoms with Crippen LogP contribution in [0.1, 0.15) is 58.3 Å². The summed E-state index contributed by atoms with van der Waals surface area (Å²) in [6.07, 6.45) is -6.99. The zero-order chi connectivity index (χ0) is 35.4.